The Morgan fingerprint density at radius 1 is 1.28 bits per heavy atom. The molecule has 6 heteroatoms. The minimum absolute atomic E-state index is 0.168. The van der Waals surface area contributed by atoms with Gasteiger partial charge in [-0.05, 0) is 18.1 Å². The fourth-order valence-corrected chi connectivity index (χ4v) is 1.92. The molecule has 2 rings (SSSR count). The van der Waals surface area contributed by atoms with Crippen LogP contribution in [-0.2, 0) is 17.4 Å². The molecule has 0 radical (unpaired) electrons. The molecule has 3 nitrogen and oxygen atoms in total. The third-order valence-electron chi connectivity index (χ3n) is 2.83. The summed E-state index contributed by atoms with van der Waals surface area (Å²) in [4.78, 5) is 11.5. The lowest BCUT2D eigenvalue weighted by Crippen LogP contribution is -2.53. The van der Waals surface area contributed by atoms with Crippen LogP contribution in [0.3, 0.4) is 0 Å². The van der Waals surface area contributed by atoms with Crippen molar-refractivity contribution in [3.63, 3.8) is 0 Å². The van der Waals surface area contributed by atoms with Crippen LogP contribution in [0.25, 0.3) is 0 Å². The zero-order chi connectivity index (χ0) is 13.2. The van der Waals surface area contributed by atoms with E-state index in [9.17, 15) is 18.0 Å². The van der Waals surface area contributed by atoms with E-state index in [4.69, 9.17) is 0 Å². The summed E-state index contributed by atoms with van der Waals surface area (Å²) < 4.78 is 37.6. The average molecular weight is 258 g/mol. The minimum atomic E-state index is -4.35. The van der Waals surface area contributed by atoms with E-state index >= 15 is 0 Å². The number of hydrogen-bond acceptors (Lipinski definition) is 2. The molecule has 1 atom stereocenters. The molecule has 1 heterocycles. The summed E-state index contributed by atoms with van der Waals surface area (Å²) in [6.07, 6.45) is -4.09. The molecule has 18 heavy (non-hydrogen) atoms. The van der Waals surface area contributed by atoms with Crippen LogP contribution in [0.2, 0.25) is 0 Å². The standard InChI is InChI=1S/C12H13F3N2O/c13-12(14,15)9-3-1-2-8(6-9)7-10-11(18)17-5-4-16-10/h1-3,6,10,16H,4-5,7H2,(H,17,18)/t10-/m1/s1. The van der Waals surface area contributed by atoms with Crippen LogP contribution in [-0.4, -0.2) is 25.0 Å². The van der Waals surface area contributed by atoms with Crippen molar-refractivity contribution < 1.29 is 18.0 Å². The molecule has 0 bridgehead atoms. The van der Waals surface area contributed by atoms with Gasteiger partial charge in [-0.1, -0.05) is 18.2 Å². The van der Waals surface area contributed by atoms with Crippen molar-refractivity contribution in [1.29, 1.82) is 0 Å². The molecular weight excluding hydrogens is 245 g/mol. The van der Waals surface area contributed by atoms with Gasteiger partial charge < -0.3 is 10.6 Å². The maximum Gasteiger partial charge on any atom is 0.416 e. The second-order valence-corrected chi connectivity index (χ2v) is 4.20. The van der Waals surface area contributed by atoms with Crippen molar-refractivity contribution in [2.24, 2.45) is 0 Å². The predicted molar refractivity (Wildman–Crippen MR) is 59.9 cm³/mol. The van der Waals surface area contributed by atoms with Crippen molar-refractivity contribution in [3.8, 4) is 0 Å². The van der Waals surface area contributed by atoms with E-state index < -0.39 is 17.8 Å². The van der Waals surface area contributed by atoms with E-state index in [1.54, 1.807) is 6.07 Å². The quantitative estimate of drug-likeness (QED) is 0.840. The first-order chi connectivity index (χ1) is 8.47. The third-order valence-corrected chi connectivity index (χ3v) is 2.83. The Labute approximate surface area is 102 Å². The Bertz CT molecular complexity index is 445. The molecule has 1 aromatic rings. The predicted octanol–water partition coefficient (Wildman–Crippen LogP) is 1.34. The Kier molecular flexibility index (Phi) is 3.56. The van der Waals surface area contributed by atoms with Gasteiger partial charge in [0.1, 0.15) is 0 Å². The number of carbonyl (C=O) groups excluding carboxylic acids is 1. The molecule has 1 aliphatic rings. The molecule has 0 aromatic heterocycles. The van der Waals surface area contributed by atoms with E-state index in [1.165, 1.54) is 6.07 Å². The highest BCUT2D eigenvalue weighted by atomic mass is 19.4. The number of rotatable bonds is 2. The van der Waals surface area contributed by atoms with Crippen molar-refractivity contribution >= 4 is 5.91 Å². The molecule has 2 N–H and O–H groups in total. The van der Waals surface area contributed by atoms with Gasteiger partial charge in [0.2, 0.25) is 5.91 Å². The second-order valence-electron chi connectivity index (χ2n) is 4.20. The maximum absolute atomic E-state index is 12.5. The zero-order valence-electron chi connectivity index (χ0n) is 9.55. The number of halogens is 3. The van der Waals surface area contributed by atoms with Gasteiger partial charge in [0, 0.05) is 13.1 Å². The maximum atomic E-state index is 12.5. The summed E-state index contributed by atoms with van der Waals surface area (Å²) in [7, 11) is 0. The lowest BCUT2D eigenvalue weighted by molar-refractivity contribution is -0.137. The Hall–Kier alpha value is -1.56. The summed E-state index contributed by atoms with van der Waals surface area (Å²) in [5.41, 5.74) is -0.185. The van der Waals surface area contributed by atoms with Crippen LogP contribution in [0, 0.1) is 0 Å². The summed E-state index contributed by atoms with van der Waals surface area (Å²) >= 11 is 0. The molecule has 0 aliphatic carbocycles. The van der Waals surface area contributed by atoms with Crippen LogP contribution >= 0.6 is 0 Å². The fourth-order valence-electron chi connectivity index (χ4n) is 1.92. The van der Waals surface area contributed by atoms with Crippen molar-refractivity contribution in [2.75, 3.05) is 13.1 Å². The molecule has 1 fully saturated rings. The van der Waals surface area contributed by atoms with E-state index in [1.807, 2.05) is 0 Å². The first-order valence-electron chi connectivity index (χ1n) is 5.64. The normalized spacial score (nSPS) is 20.6. The number of carbonyl (C=O) groups is 1. The summed E-state index contributed by atoms with van der Waals surface area (Å²) in [6.45, 7) is 1.19. The average Bonchev–Trinajstić information content (AvgIpc) is 2.31. The van der Waals surface area contributed by atoms with Gasteiger partial charge in [-0.3, -0.25) is 4.79 Å². The molecule has 1 amide bonds. The SMILES string of the molecule is O=C1NCCN[C@@H]1Cc1cccc(C(F)(F)F)c1. The highest BCUT2D eigenvalue weighted by Gasteiger charge is 2.31. The van der Waals surface area contributed by atoms with E-state index in [2.05, 4.69) is 10.6 Å². The molecular formula is C12H13F3N2O. The number of piperazine rings is 1. The van der Waals surface area contributed by atoms with Crippen molar-refractivity contribution in [3.05, 3.63) is 35.4 Å². The van der Waals surface area contributed by atoms with Gasteiger partial charge in [-0.25, -0.2) is 0 Å². The van der Waals surface area contributed by atoms with Gasteiger partial charge >= 0.3 is 6.18 Å². The lowest BCUT2D eigenvalue weighted by Gasteiger charge is -2.23. The largest absolute Gasteiger partial charge is 0.416 e. The lowest BCUT2D eigenvalue weighted by atomic mass is 10.0. The summed E-state index contributed by atoms with van der Waals surface area (Å²) in [5.74, 6) is -0.168. The minimum Gasteiger partial charge on any atom is -0.353 e. The Morgan fingerprint density at radius 3 is 2.72 bits per heavy atom. The fraction of sp³-hybridized carbons (Fsp3) is 0.417. The van der Waals surface area contributed by atoms with Crippen LogP contribution in [0.1, 0.15) is 11.1 Å². The molecule has 1 saturated heterocycles. The first-order valence-corrected chi connectivity index (χ1v) is 5.64. The zero-order valence-corrected chi connectivity index (χ0v) is 9.55. The Morgan fingerprint density at radius 2 is 2.06 bits per heavy atom. The van der Waals surface area contributed by atoms with Gasteiger partial charge in [0.15, 0.2) is 0 Å². The highest BCUT2D eigenvalue weighted by molar-refractivity contribution is 5.82. The van der Waals surface area contributed by atoms with E-state index in [0.29, 0.717) is 18.7 Å². The van der Waals surface area contributed by atoms with Crippen LogP contribution in [0.15, 0.2) is 24.3 Å². The summed E-state index contributed by atoms with van der Waals surface area (Å²) in [6, 6.07) is 4.61. The molecule has 1 aliphatic heterocycles. The first kappa shape index (κ1) is 12.9. The topological polar surface area (TPSA) is 41.1 Å². The van der Waals surface area contributed by atoms with Gasteiger partial charge in [-0.15, -0.1) is 0 Å². The van der Waals surface area contributed by atoms with E-state index in [0.717, 1.165) is 12.1 Å². The van der Waals surface area contributed by atoms with Crippen LogP contribution in [0.5, 0.6) is 0 Å². The van der Waals surface area contributed by atoms with E-state index in [-0.39, 0.29) is 12.3 Å². The second kappa shape index (κ2) is 4.97. The molecule has 0 spiro atoms. The number of benzene rings is 1. The monoisotopic (exact) mass is 258 g/mol. The Balaban J connectivity index is 2.12. The van der Waals surface area contributed by atoms with Gasteiger partial charge in [-0.2, -0.15) is 13.2 Å². The van der Waals surface area contributed by atoms with Crippen LogP contribution in [0.4, 0.5) is 13.2 Å². The molecule has 0 saturated carbocycles. The number of amides is 1. The highest BCUT2D eigenvalue weighted by Crippen LogP contribution is 2.29. The molecule has 98 valence electrons. The summed E-state index contributed by atoms with van der Waals surface area (Å²) in [5, 5.41) is 5.66. The molecule has 1 aromatic carbocycles. The van der Waals surface area contributed by atoms with Crippen molar-refractivity contribution in [1.82, 2.24) is 10.6 Å². The van der Waals surface area contributed by atoms with Gasteiger partial charge in [0.05, 0.1) is 11.6 Å². The molecule has 0 unspecified atom stereocenters. The number of hydrogen-bond donors (Lipinski definition) is 2. The van der Waals surface area contributed by atoms with Crippen molar-refractivity contribution in [2.45, 2.75) is 18.6 Å². The smallest absolute Gasteiger partial charge is 0.353 e. The number of nitrogens with one attached hydrogen (secondary N) is 2. The third kappa shape index (κ3) is 3.01. The van der Waals surface area contributed by atoms with Gasteiger partial charge in [0.25, 0.3) is 0 Å². The number of alkyl halides is 3. The van der Waals surface area contributed by atoms with Crippen LogP contribution < -0.4 is 10.6 Å².